The Morgan fingerprint density at radius 1 is 0.775 bits per heavy atom. The van der Waals surface area contributed by atoms with Gasteiger partial charge in [0.25, 0.3) is 11.8 Å². The maximum Gasteiger partial charge on any atom is 0.416 e. The SMILES string of the molecule is Cc1cccc(CNC(=O)c2cc3ccccc3nc2NC(=O)c2ccccc2-c2ccc(C(F)(F)F)cc2)c1. The molecule has 200 valence electrons. The zero-order chi connectivity index (χ0) is 28.3. The quantitative estimate of drug-likeness (QED) is 0.236. The Balaban J connectivity index is 1.46. The molecule has 1 aromatic heterocycles. The van der Waals surface area contributed by atoms with E-state index in [4.69, 9.17) is 0 Å². The van der Waals surface area contributed by atoms with Gasteiger partial charge in [0.2, 0.25) is 0 Å². The van der Waals surface area contributed by atoms with Gasteiger partial charge in [-0.05, 0) is 53.9 Å². The van der Waals surface area contributed by atoms with E-state index in [1.165, 1.54) is 12.1 Å². The molecule has 5 nitrogen and oxygen atoms in total. The molecule has 0 bridgehead atoms. The third-order valence-corrected chi connectivity index (χ3v) is 6.43. The Kier molecular flexibility index (Phi) is 7.33. The van der Waals surface area contributed by atoms with E-state index in [1.807, 2.05) is 43.3 Å². The lowest BCUT2D eigenvalue weighted by atomic mass is 9.98. The lowest BCUT2D eigenvalue weighted by Crippen LogP contribution is -2.25. The molecule has 0 fully saturated rings. The zero-order valence-corrected chi connectivity index (χ0v) is 21.4. The molecule has 2 N–H and O–H groups in total. The number of fused-ring (bicyclic) bond motifs is 1. The lowest BCUT2D eigenvalue weighted by Gasteiger charge is -2.15. The molecule has 8 heteroatoms. The highest BCUT2D eigenvalue weighted by Crippen LogP contribution is 2.32. The fourth-order valence-electron chi connectivity index (χ4n) is 4.43. The van der Waals surface area contributed by atoms with Crippen molar-refractivity contribution in [3.63, 3.8) is 0 Å². The number of benzene rings is 4. The number of alkyl halides is 3. The van der Waals surface area contributed by atoms with E-state index in [0.29, 0.717) is 16.6 Å². The van der Waals surface area contributed by atoms with E-state index in [9.17, 15) is 22.8 Å². The third-order valence-electron chi connectivity index (χ3n) is 6.43. The summed E-state index contributed by atoms with van der Waals surface area (Å²) < 4.78 is 39.2. The molecule has 0 aliphatic heterocycles. The Hall–Kier alpha value is -4.98. The highest BCUT2D eigenvalue weighted by molar-refractivity contribution is 6.12. The molecule has 0 saturated carbocycles. The summed E-state index contributed by atoms with van der Waals surface area (Å²) in [5, 5.41) is 6.38. The summed E-state index contributed by atoms with van der Waals surface area (Å²) in [6.45, 7) is 2.26. The minimum absolute atomic E-state index is 0.0765. The second kappa shape index (κ2) is 11.0. The van der Waals surface area contributed by atoms with Gasteiger partial charge in [-0.3, -0.25) is 9.59 Å². The number of amides is 2. The zero-order valence-electron chi connectivity index (χ0n) is 21.4. The normalized spacial score (nSPS) is 11.3. The molecule has 1 heterocycles. The van der Waals surface area contributed by atoms with Crippen molar-refractivity contribution in [3.8, 4) is 11.1 Å². The summed E-state index contributed by atoms with van der Waals surface area (Å²) >= 11 is 0. The van der Waals surface area contributed by atoms with Crippen molar-refractivity contribution in [3.05, 3.63) is 131 Å². The van der Waals surface area contributed by atoms with Gasteiger partial charge in [-0.2, -0.15) is 13.2 Å². The molecule has 2 amide bonds. The van der Waals surface area contributed by atoms with Crippen LogP contribution in [0.2, 0.25) is 0 Å². The summed E-state index contributed by atoms with van der Waals surface area (Å²) in [4.78, 5) is 31.3. The first kappa shape index (κ1) is 26.6. The highest BCUT2D eigenvalue weighted by atomic mass is 19.4. The van der Waals surface area contributed by atoms with Gasteiger partial charge in [0, 0.05) is 17.5 Å². The van der Waals surface area contributed by atoms with Crippen LogP contribution in [0.5, 0.6) is 0 Å². The summed E-state index contributed by atoms with van der Waals surface area (Å²) in [5.74, 6) is -0.884. The number of nitrogens with one attached hydrogen (secondary N) is 2. The Bertz CT molecular complexity index is 1710. The van der Waals surface area contributed by atoms with Crippen molar-refractivity contribution in [2.45, 2.75) is 19.6 Å². The maximum atomic E-state index is 13.5. The Labute approximate surface area is 228 Å². The molecule has 5 rings (SSSR count). The van der Waals surface area contributed by atoms with E-state index in [0.717, 1.165) is 28.6 Å². The van der Waals surface area contributed by atoms with Gasteiger partial charge in [-0.1, -0.05) is 78.4 Å². The number of hydrogen-bond donors (Lipinski definition) is 2. The molecule has 0 saturated heterocycles. The van der Waals surface area contributed by atoms with E-state index in [1.54, 1.807) is 42.5 Å². The number of pyridine rings is 1. The van der Waals surface area contributed by atoms with Gasteiger partial charge in [-0.25, -0.2) is 4.98 Å². The van der Waals surface area contributed by atoms with Crippen LogP contribution in [0.4, 0.5) is 19.0 Å². The first-order valence-corrected chi connectivity index (χ1v) is 12.5. The van der Waals surface area contributed by atoms with Gasteiger partial charge in [0.15, 0.2) is 0 Å². The van der Waals surface area contributed by atoms with E-state index >= 15 is 0 Å². The number of aromatic nitrogens is 1. The van der Waals surface area contributed by atoms with Crippen LogP contribution in [-0.4, -0.2) is 16.8 Å². The van der Waals surface area contributed by atoms with Crippen LogP contribution < -0.4 is 10.6 Å². The Morgan fingerprint density at radius 2 is 1.50 bits per heavy atom. The lowest BCUT2D eigenvalue weighted by molar-refractivity contribution is -0.137. The van der Waals surface area contributed by atoms with Crippen molar-refractivity contribution >= 4 is 28.5 Å². The molecule has 0 aliphatic rings. The van der Waals surface area contributed by atoms with Crippen molar-refractivity contribution in [2.75, 3.05) is 5.32 Å². The number of aryl methyl sites for hydroxylation is 1. The van der Waals surface area contributed by atoms with Crippen LogP contribution in [0.15, 0.2) is 103 Å². The minimum atomic E-state index is -4.46. The maximum absolute atomic E-state index is 13.5. The number of halogens is 3. The molecule has 0 radical (unpaired) electrons. The van der Waals surface area contributed by atoms with E-state index in [2.05, 4.69) is 15.6 Å². The van der Waals surface area contributed by atoms with Crippen molar-refractivity contribution in [1.29, 1.82) is 0 Å². The number of rotatable bonds is 6. The second-order valence-electron chi connectivity index (χ2n) is 9.32. The number of carbonyl (C=O) groups excluding carboxylic acids is 2. The predicted octanol–water partition coefficient (Wildman–Crippen LogP) is 7.41. The molecular formula is C32H24F3N3O2. The summed E-state index contributed by atoms with van der Waals surface area (Å²) in [6.07, 6.45) is -4.46. The predicted molar refractivity (Wildman–Crippen MR) is 149 cm³/mol. The van der Waals surface area contributed by atoms with E-state index < -0.39 is 23.6 Å². The highest BCUT2D eigenvalue weighted by Gasteiger charge is 2.30. The standard InChI is InChI=1S/C32H24F3N3O2/c1-20-7-6-8-21(17-20)19-36-30(39)27-18-23-9-2-5-12-28(23)37-29(27)38-31(40)26-11-4-3-10-25(26)22-13-15-24(16-14-22)32(33,34)35/h2-18H,19H2,1H3,(H,36,39)(H,37,38,40). The molecule has 0 atom stereocenters. The number of nitrogens with zero attached hydrogens (tertiary/aromatic N) is 1. The van der Waals surface area contributed by atoms with Crippen LogP contribution in [0.3, 0.4) is 0 Å². The fraction of sp³-hybridized carbons (Fsp3) is 0.0938. The van der Waals surface area contributed by atoms with Gasteiger partial charge in [-0.15, -0.1) is 0 Å². The number of hydrogen-bond acceptors (Lipinski definition) is 3. The van der Waals surface area contributed by atoms with Gasteiger partial charge >= 0.3 is 6.18 Å². The van der Waals surface area contributed by atoms with Crippen LogP contribution in [-0.2, 0) is 12.7 Å². The average Bonchev–Trinajstić information content (AvgIpc) is 2.95. The van der Waals surface area contributed by atoms with Crippen molar-refractivity contribution < 1.29 is 22.8 Å². The molecular weight excluding hydrogens is 515 g/mol. The first-order chi connectivity index (χ1) is 19.2. The van der Waals surface area contributed by atoms with Crippen LogP contribution in [0, 0.1) is 6.92 Å². The number of carbonyl (C=O) groups is 2. The monoisotopic (exact) mass is 539 g/mol. The van der Waals surface area contributed by atoms with E-state index in [-0.39, 0.29) is 23.5 Å². The van der Waals surface area contributed by atoms with Crippen LogP contribution in [0.1, 0.15) is 37.4 Å². The van der Waals surface area contributed by atoms with Gasteiger partial charge in [0.05, 0.1) is 16.6 Å². The molecule has 40 heavy (non-hydrogen) atoms. The van der Waals surface area contributed by atoms with Crippen molar-refractivity contribution in [1.82, 2.24) is 10.3 Å². The summed E-state index contributed by atoms with van der Waals surface area (Å²) in [6, 6.07) is 27.9. The first-order valence-electron chi connectivity index (χ1n) is 12.5. The third kappa shape index (κ3) is 5.86. The topological polar surface area (TPSA) is 71.1 Å². The molecule has 4 aromatic carbocycles. The largest absolute Gasteiger partial charge is 0.416 e. The fourth-order valence-corrected chi connectivity index (χ4v) is 4.43. The van der Waals surface area contributed by atoms with Crippen LogP contribution >= 0.6 is 0 Å². The minimum Gasteiger partial charge on any atom is -0.348 e. The van der Waals surface area contributed by atoms with Crippen molar-refractivity contribution in [2.24, 2.45) is 0 Å². The average molecular weight is 540 g/mol. The van der Waals surface area contributed by atoms with Gasteiger partial charge < -0.3 is 10.6 Å². The summed E-state index contributed by atoms with van der Waals surface area (Å²) in [5.41, 5.74) is 3.11. The molecule has 0 unspecified atom stereocenters. The Morgan fingerprint density at radius 3 is 2.25 bits per heavy atom. The molecule has 0 spiro atoms. The van der Waals surface area contributed by atoms with Crippen LogP contribution in [0.25, 0.3) is 22.0 Å². The summed E-state index contributed by atoms with van der Waals surface area (Å²) in [7, 11) is 0. The molecule has 5 aromatic rings. The number of anilines is 1. The number of para-hydroxylation sites is 1. The van der Waals surface area contributed by atoms with Gasteiger partial charge in [0.1, 0.15) is 5.82 Å². The molecule has 0 aliphatic carbocycles. The second-order valence-corrected chi connectivity index (χ2v) is 9.32. The smallest absolute Gasteiger partial charge is 0.348 e.